The molecule has 2 aromatic heterocycles. The predicted octanol–water partition coefficient (Wildman–Crippen LogP) is 4.63. The summed E-state index contributed by atoms with van der Waals surface area (Å²) in [6, 6.07) is 8.38. The van der Waals surface area contributed by atoms with E-state index in [-0.39, 0.29) is 17.3 Å². The molecular weight excluding hydrogens is 358 g/mol. The van der Waals surface area contributed by atoms with E-state index in [9.17, 15) is 14.9 Å². The zero-order valence-corrected chi connectivity index (χ0v) is 15.5. The fourth-order valence-electron chi connectivity index (χ4n) is 2.44. The lowest BCUT2D eigenvalue weighted by Crippen LogP contribution is -2.25. The van der Waals surface area contributed by atoms with Crippen molar-refractivity contribution < 1.29 is 4.92 Å². The topological polar surface area (TPSA) is 78.0 Å². The van der Waals surface area contributed by atoms with Crippen molar-refractivity contribution in [2.75, 3.05) is 0 Å². The van der Waals surface area contributed by atoms with E-state index in [0.29, 0.717) is 15.6 Å². The maximum Gasteiger partial charge on any atom is 0.272 e. The molecule has 1 atom stereocenters. The molecule has 3 aromatic rings. The molecule has 0 aliphatic heterocycles. The third-order valence-corrected chi connectivity index (χ3v) is 5.94. The maximum absolute atomic E-state index is 12.8. The van der Waals surface area contributed by atoms with E-state index in [1.807, 2.05) is 25.3 Å². The monoisotopic (exact) mass is 375 g/mol. The molecule has 0 spiro atoms. The molecule has 1 aromatic carbocycles. The van der Waals surface area contributed by atoms with Gasteiger partial charge < -0.3 is 0 Å². The second kappa shape index (κ2) is 7.37. The summed E-state index contributed by atoms with van der Waals surface area (Å²) in [6.45, 7) is 4.05. The molecule has 0 fully saturated rings. The summed E-state index contributed by atoms with van der Waals surface area (Å²) in [4.78, 5) is 27.8. The standard InChI is InChI=1S/C17H17N3O3S2/c1-3-11(2)19-16(21)15-14(8-9-24-15)18-17(19)25-10-12-4-6-13(7-5-12)20(22)23/h4-9,11H,3,10H2,1-2H3/t11-/m0/s1. The quantitative estimate of drug-likeness (QED) is 0.272. The lowest BCUT2D eigenvalue weighted by Gasteiger charge is -2.17. The van der Waals surface area contributed by atoms with Crippen LogP contribution in [-0.4, -0.2) is 14.5 Å². The molecule has 3 rings (SSSR count). The van der Waals surface area contributed by atoms with Crippen molar-refractivity contribution in [1.29, 1.82) is 0 Å². The van der Waals surface area contributed by atoms with Gasteiger partial charge >= 0.3 is 0 Å². The molecular formula is C17H17N3O3S2. The van der Waals surface area contributed by atoms with Crippen LogP contribution in [0.25, 0.3) is 10.2 Å². The number of nitro benzene ring substituents is 1. The van der Waals surface area contributed by atoms with Gasteiger partial charge in [-0.2, -0.15) is 0 Å². The Balaban J connectivity index is 1.92. The molecule has 6 nitrogen and oxygen atoms in total. The number of fused-ring (bicyclic) bond motifs is 1. The van der Waals surface area contributed by atoms with Crippen molar-refractivity contribution in [3.8, 4) is 0 Å². The Bertz CT molecular complexity index is 963. The largest absolute Gasteiger partial charge is 0.284 e. The van der Waals surface area contributed by atoms with Crippen LogP contribution < -0.4 is 5.56 Å². The first-order valence-corrected chi connectivity index (χ1v) is 9.73. The molecule has 25 heavy (non-hydrogen) atoms. The Morgan fingerprint density at radius 3 is 2.68 bits per heavy atom. The van der Waals surface area contributed by atoms with Crippen LogP contribution in [-0.2, 0) is 5.75 Å². The molecule has 0 saturated heterocycles. The SMILES string of the molecule is CC[C@H](C)n1c(SCc2ccc([N+](=O)[O-])cc2)nc2ccsc2c1=O. The predicted molar refractivity (Wildman–Crippen MR) is 102 cm³/mol. The Morgan fingerprint density at radius 2 is 2.04 bits per heavy atom. The van der Waals surface area contributed by atoms with E-state index in [1.54, 1.807) is 16.7 Å². The van der Waals surface area contributed by atoms with Crippen LogP contribution in [0.2, 0.25) is 0 Å². The summed E-state index contributed by atoms with van der Waals surface area (Å²) >= 11 is 2.89. The number of benzene rings is 1. The highest BCUT2D eigenvalue weighted by atomic mass is 32.2. The van der Waals surface area contributed by atoms with Crippen LogP contribution in [0.15, 0.2) is 45.7 Å². The number of thioether (sulfide) groups is 1. The molecule has 8 heteroatoms. The van der Waals surface area contributed by atoms with Gasteiger partial charge in [-0.3, -0.25) is 19.5 Å². The van der Waals surface area contributed by atoms with Crippen molar-refractivity contribution >= 4 is 39.0 Å². The lowest BCUT2D eigenvalue weighted by atomic mass is 10.2. The fraction of sp³-hybridized carbons (Fsp3) is 0.294. The van der Waals surface area contributed by atoms with Gasteiger partial charge in [0.25, 0.3) is 11.2 Å². The summed E-state index contributed by atoms with van der Waals surface area (Å²) in [5.41, 5.74) is 1.75. The number of aromatic nitrogens is 2. The van der Waals surface area contributed by atoms with Crippen molar-refractivity contribution in [1.82, 2.24) is 9.55 Å². The van der Waals surface area contributed by atoms with Crippen LogP contribution >= 0.6 is 23.1 Å². The summed E-state index contributed by atoms with van der Waals surface area (Å²) in [7, 11) is 0. The Kier molecular flexibility index (Phi) is 5.19. The third kappa shape index (κ3) is 3.59. The molecule has 0 radical (unpaired) electrons. The summed E-state index contributed by atoms with van der Waals surface area (Å²) in [5.74, 6) is 0.594. The van der Waals surface area contributed by atoms with E-state index >= 15 is 0 Å². The zero-order chi connectivity index (χ0) is 18.0. The maximum atomic E-state index is 12.8. The first-order chi connectivity index (χ1) is 12.0. The van der Waals surface area contributed by atoms with E-state index in [0.717, 1.165) is 17.5 Å². The van der Waals surface area contributed by atoms with Gasteiger partial charge in [-0.05, 0) is 30.4 Å². The van der Waals surface area contributed by atoms with Crippen molar-refractivity contribution in [2.24, 2.45) is 0 Å². The molecule has 0 aliphatic rings. The van der Waals surface area contributed by atoms with E-state index in [4.69, 9.17) is 0 Å². The molecule has 0 amide bonds. The summed E-state index contributed by atoms with van der Waals surface area (Å²) < 4.78 is 2.44. The average molecular weight is 375 g/mol. The molecule has 0 aliphatic carbocycles. The first kappa shape index (κ1) is 17.6. The van der Waals surface area contributed by atoms with Gasteiger partial charge in [-0.1, -0.05) is 30.8 Å². The fourth-order valence-corrected chi connectivity index (χ4v) is 4.26. The smallest absolute Gasteiger partial charge is 0.272 e. The van der Waals surface area contributed by atoms with Gasteiger partial charge in [0, 0.05) is 23.9 Å². The van der Waals surface area contributed by atoms with E-state index < -0.39 is 4.92 Å². The minimum Gasteiger partial charge on any atom is -0.284 e. The molecule has 0 saturated carbocycles. The number of rotatable bonds is 6. The van der Waals surface area contributed by atoms with Crippen LogP contribution in [0, 0.1) is 10.1 Å². The minimum atomic E-state index is -0.413. The van der Waals surface area contributed by atoms with Crippen molar-refractivity contribution in [3.05, 3.63) is 61.7 Å². The number of thiophene rings is 1. The molecule has 2 heterocycles. The highest BCUT2D eigenvalue weighted by molar-refractivity contribution is 7.98. The highest BCUT2D eigenvalue weighted by Gasteiger charge is 2.16. The third-order valence-electron chi connectivity index (χ3n) is 4.03. The van der Waals surface area contributed by atoms with Gasteiger partial charge in [0.05, 0.1) is 10.4 Å². The zero-order valence-electron chi connectivity index (χ0n) is 13.8. The van der Waals surface area contributed by atoms with Crippen LogP contribution in [0.5, 0.6) is 0 Å². The lowest BCUT2D eigenvalue weighted by molar-refractivity contribution is -0.384. The van der Waals surface area contributed by atoms with Gasteiger partial charge in [0.15, 0.2) is 5.16 Å². The number of nitrogens with zero attached hydrogens (tertiary/aromatic N) is 3. The summed E-state index contributed by atoms with van der Waals surface area (Å²) in [5, 5.41) is 13.3. The van der Waals surface area contributed by atoms with Crippen LogP contribution in [0.3, 0.4) is 0 Å². The Morgan fingerprint density at radius 1 is 1.32 bits per heavy atom. The van der Waals surface area contributed by atoms with Gasteiger partial charge in [-0.15, -0.1) is 11.3 Å². The van der Waals surface area contributed by atoms with Crippen molar-refractivity contribution in [2.45, 2.75) is 37.2 Å². The van der Waals surface area contributed by atoms with Gasteiger partial charge in [0.1, 0.15) is 4.70 Å². The minimum absolute atomic E-state index is 0.000509. The Hall–Kier alpha value is -2.19. The van der Waals surface area contributed by atoms with E-state index in [1.165, 1.54) is 35.2 Å². The number of hydrogen-bond donors (Lipinski definition) is 0. The normalized spacial score (nSPS) is 12.4. The molecule has 0 bridgehead atoms. The number of non-ortho nitro benzene ring substituents is 1. The highest BCUT2D eigenvalue weighted by Crippen LogP contribution is 2.27. The van der Waals surface area contributed by atoms with Gasteiger partial charge in [0.2, 0.25) is 0 Å². The number of nitro groups is 1. The number of hydrogen-bond acceptors (Lipinski definition) is 6. The van der Waals surface area contributed by atoms with Crippen LogP contribution in [0.4, 0.5) is 5.69 Å². The molecule has 0 N–H and O–H groups in total. The second-order valence-corrected chi connectivity index (χ2v) is 7.53. The summed E-state index contributed by atoms with van der Waals surface area (Å²) in [6.07, 6.45) is 0.837. The van der Waals surface area contributed by atoms with Gasteiger partial charge in [-0.25, -0.2) is 4.98 Å². The molecule has 0 unspecified atom stereocenters. The van der Waals surface area contributed by atoms with Crippen molar-refractivity contribution in [3.63, 3.8) is 0 Å². The van der Waals surface area contributed by atoms with E-state index in [2.05, 4.69) is 4.98 Å². The average Bonchev–Trinajstić information content (AvgIpc) is 3.08. The second-order valence-electron chi connectivity index (χ2n) is 5.67. The first-order valence-electron chi connectivity index (χ1n) is 7.87. The van der Waals surface area contributed by atoms with Crippen LogP contribution in [0.1, 0.15) is 31.9 Å². The molecule has 130 valence electrons. The Labute approximate surface area is 152 Å².